The molecule has 0 amide bonds. The molecule has 0 radical (unpaired) electrons. The van der Waals surface area contributed by atoms with E-state index in [-0.39, 0.29) is 0 Å². The van der Waals surface area contributed by atoms with E-state index in [9.17, 15) is 14.4 Å². The number of H-pyrrole nitrogens is 1. The number of rotatable bonds is 6. The van der Waals surface area contributed by atoms with Gasteiger partial charge in [0.25, 0.3) is 0 Å². The van der Waals surface area contributed by atoms with E-state index in [1.54, 1.807) is 41.3 Å². The van der Waals surface area contributed by atoms with Crippen molar-refractivity contribution in [1.29, 1.82) is 0 Å². The zero-order valence-corrected chi connectivity index (χ0v) is 17.1. The molecule has 158 valence electrons. The summed E-state index contributed by atoms with van der Waals surface area (Å²) < 4.78 is 9.54. The van der Waals surface area contributed by atoms with E-state index < -0.39 is 17.1 Å². The number of aromatic amines is 1. The lowest BCUT2D eigenvalue weighted by Gasteiger charge is -2.14. The molecule has 0 saturated carbocycles. The Labute approximate surface area is 176 Å². The first-order valence-electron chi connectivity index (χ1n) is 9.76. The van der Waals surface area contributed by atoms with Gasteiger partial charge in [-0.3, -0.25) is 9.67 Å². The van der Waals surface area contributed by atoms with Gasteiger partial charge in [0.1, 0.15) is 11.5 Å². The Bertz CT molecular complexity index is 1380. The predicted molar refractivity (Wildman–Crippen MR) is 115 cm³/mol. The lowest BCUT2D eigenvalue weighted by Crippen LogP contribution is -2.47. The van der Waals surface area contributed by atoms with Gasteiger partial charge in [0.2, 0.25) is 0 Å². The third kappa shape index (κ3) is 4.11. The summed E-state index contributed by atoms with van der Waals surface area (Å²) in [5, 5.41) is 4.22. The molecular weight excluding hydrogens is 398 g/mol. The van der Waals surface area contributed by atoms with Crippen LogP contribution in [0.25, 0.3) is 5.69 Å². The van der Waals surface area contributed by atoms with Gasteiger partial charge < -0.3 is 4.74 Å². The minimum Gasteiger partial charge on any atom is -0.457 e. The molecule has 0 aliphatic rings. The zero-order chi connectivity index (χ0) is 22.0. The molecule has 0 aliphatic heterocycles. The summed E-state index contributed by atoms with van der Waals surface area (Å²) in [5.74, 6) is 1.24. The van der Waals surface area contributed by atoms with Gasteiger partial charge in [-0.2, -0.15) is 5.10 Å². The molecule has 2 aromatic heterocycles. The van der Waals surface area contributed by atoms with Crippen LogP contribution in [0.2, 0.25) is 0 Å². The molecule has 0 aliphatic carbocycles. The van der Waals surface area contributed by atoms with Crippen LogP contribution in [0.3, 0.4) is 0 Å². The van der Waals surface area contributed by atoms with Gasteiger partial charge >= 0.3 is 17.1 Å². The summed E-state index contributed by atoms with van der Waals surface area (Å²) in [7, 11) is 1.30. The molecule has 9 nitrogen and oxygen atoms in total. The summed E-state index contributed by atoms with van der Waals surface area (Å²) in [4.78, 5) is 38.7. The first kappa shape index (κ1) is 20.1. The summed E-state index contributed by atoms with van der Waals surface area (Å²) in [6.07, 6.45) is 4.40. The van der Waals surface area contributed by atoms with Crippen molar-refractivity contribution in [3.05, 3.63) is 104 Å². The number of nitrogens with one attached hydrogen (secondary N) is 1. The largest absolute Gasteiger partial charge is 0.457 e. The number of ether oxygens (including phenoxy) is 1. The van der Waals surface area contributed by atoms with Gasteiger partial charge in [-0.25, -0.2) is 23.5 Å². The van der Waals surface area contributed by atoms with Gasteiger partial charge in [-0.15, -0.1) is 0 Å². The van der Waals surface area contributed by atoms with Crippen LogP contribution >= 0.6 is 0 Å². The maximum Gasteiger partial charge on any atom is 0.340 e. The van der Waals surface area contributed by atoms with Crippen LogP contribution in [0.15, 0.2) is 75.3 Å². The Morgan fingerprint density at radius 1 is 1.03 bits per heavy atom. The summed E-state index contributed by atoms with van der Waals surface area (Å²) >= 11 is 0. The standard InChI is InChI=1S/C22H21N5O4/c1-3-15-5-8-18(9-6-15)31-19-10-7-17(13-16(19)14-26-12-4-11-23-26)27-21(29)24-20(28)25(2)22(27)30/h4-13H,3,14H2,1-2H3,(H,24,28,29). The quantitative estimate of drug-likeness (QED) is 0.513. The molecule has 0 spiro atoms. The average Bonchev–Trinajstić information content (AvgIpc) is 3.27. The fourth-order valence-corrected chi connectivity index (χ4v) is 3.20. The highest BCUT2D eigenvalue weighted by molar-refractivity contribution is 5.46. The summed E-state index contributed by atoms with van der Waals surface area (Å²) in [6, 6.07) is 14.6. The molecule has 31 heavy (non-hydrogen) atoms. The maximum atomic E-state index is 12.5. The lowest BCUT2D eigenvalue weighted by atomic mass is 10.1. The number of benzene rings is 2. The van der Waals surface area contributed by atoms with Crippen molar-refractivity contribution < 1.29 is 4.74 Å². The molecule has 4 rings (SSSR count). The second-order valence-electron chi connectivity index (χ2n) is 7.01. The predicted octanol–water partition coefficient (Wildman–Crippen LogP) is 1.82. The molecule has 0 unspecified atom stereocenters. The first-order chi connectivity index (χ1) is 15.0. The minimum absolute atomic E-state index is 0.317. The summed E-state index contributed by atoms with van der Waals surface area (Å²) in [6.45, 7) is 2.45. The highest BCUT2D eigenvalue weighted by atomic mass is 16.5. The van der Waals surface area contributed by atoms with Crippen molar-refractivity contribution in [3.63, 3.8) is 0 Å². The normalized spacial score (nSPS) is 10.9. The molecule has 0 bridgehead atoms. The molecule has 1 N–H and O–H groups in total. The number of hydrogen-bond donors (Lipinski definition) is 1. The van der Waals surface area contributed by atoms with Gasteiger partial charge in [0.05, 0.1) is 12.2 Å². The topological polar surface area (TPSA) is 104 Å². The Morgan fingerprint density at radius 3 is 2.48 bits per heavy atom. The average molecular weight is 419 g/mol. The van der Waals surface area contributed by atoms with E-state index in [1.165, 1.54) is 12.6 Å². The molecule has 0 atom stereocenters. The second-order valence-corrected chi connectivity index (χ2v) is 7.01. The van der Waals surface area contributed by atoms with E-state index >= 15 is 0 Å². The van der Waals surface area contributed by atoms with Crippen molar-refractivity contribution in [2.45, 2.75) is 19.9 Å². The fourth-order valence-electron chi connectivity index (χ4n) is 3.20. The lowest BCUT2D eigenvalue weighted by molar-refractivity contribution is 0.471. The molecule has 0 saturated heterocycles. The Kier molecular flexibility index (Phi) is 5.40. The van der Waals surface area contributed by atoms with Gasteiger partial charge in [-0.05, 0) is 48.4 Å². The first-order valence-corrected chi connectivity index (χ1v) is 9.76. The van der Waals surface area contributed by atoms with Crippen LogP contribution in [-0.4, -0.2) is 23.9 Å². The van der Waals surface area contributed by atoms with Crippen molar-refractivity contribution >= 4 is 0 Å². The van der Waals surface area contributed by atoms with Crippen molar-refractivity contribution in [3.8, 4) is 17.2 Å². The highest BCUT2D eigenvalue weighted by Crippen LogP contribution is 2.28. The van der Waals surface area contributed by atoms with Crippen LogP contribution in [0.4, 0.5) is 0 Å². The van der Waals surface area contributed by atoms with E-state index in [0.717, 1.165) is 15.6 Å². The Hall–Kier alpha value is -4.14. The Morgan fingerprint density at radius 2 is 1.81 bits per heavy atom. The fraction of sp³-hybridized carbons (Fsp3) is 0.182. The minimum atomic E-state index is -0.804. The third-order valence-corrected chi connectivity index (χ3v) is 4.95. The van der Waals surface area contributed by atoms with Crippen LogP contribution in [0, 0.1) is 0 Å². The number of aromatic nitrogens is 5. The number of nitrogens with zero attached hydrogens (tertiary/aromatic N) is 4. The van der Waals surface area contributed by atoms with Crippen molar-refractivity contribution in [2.24, 2.45) is 7.05 Å². The third-order valence-electron chi connectivity index (χ3n) is 4.95. The molecule has 0 fully saturated rings. The molecule has 4 aromatic rings. The molecule has 9 heteroatoms. The van der Waals surface area contributed by atoms with Gasteiger partial charge in [0.15, 0.2) is 0 Å². The second kappa shape index (κ2) is 8.31. The smallest absolute Gasteiger partial charge is 0.340 e. The van der Waals surface area contributed by atoms with E-state index in [2.05, 4.69) is 17.0 Å². The van der Waals surface area contributed by atoms with E-state index in [0.29, 0.717) is 29.3 Å². The maximum absolute atomic E-state index is 12.5. The van der Waals surface area contributed by atoms with Gasteiger partial charge in [-0.1, -0.05) is 19.1 Å². The van der Waals surface area contributed by atoms with Gasteiger partial charge in [0, 0.05) is 25.0 Å². The SMILES string of the molecule is CCc1ccc(Oc2ccc(-n3c(=O)[nH]c(=O)n(C)c3=O)cc2Cn2cccn2)cc1. The van der Waals surface area contributed by atoms with Crippen LogP contribution in [0.5, 0.6) is 11.5 Å². The monoisotopic (exact) mass is 419 g/mol. The number of hydrogen-bond acceptors (Lipinski definition) is 5. The number of aryl methyl sites for hydroxylation is 1. The highest BCUT2D eigenvalue weighted by Gasteiger charge is 2.13. The van der Waals surface area contributed by atoms with E-state index in [1.807, 2.05) is 24.3 Å². The molecular formula is C22H21N5O4. The van der Waals surface area contributed by atoms with Crippen molar-refractivity contribution in [2.75, 3.05) is 0 Å². The van der Waals surface area contributed by atoms with Crippen LogP contribution in [0.1, 0.15) is 18.1 Å². The van der Waals surface area contributed by atoms with Crippen molar-refractivity contribution in [1.82, 2.24) is 23.9 Å². The molecule has 2 heterocycles. The zero-order valence-electron chi connectivity index (χ0n) is 17.1. The molecule has 2 aromatic carbocycles. The van der Waals surface area contributed by atoms with Crippen LogP contribution in [-0.2, 0) is 20.0 Å². The van der Waals surface area contributed by atoms with E-state index in [4.69, 9.17) is 4.74 Å². The Balaban J connectivity index is 1.80. The summed E-state index contributed by atoms with van der Waals surface area (Å²) in [5.41, 5.74) is -0.0746. The van der Waals surface area contributed by atoms with Crippen LogP contribution < -0.4 is 21.8 Å².